The number of hydrogen-bond acceptors (Lipinski definition) is 4. The van der Waals surface area contributed by atoms with Gasteiger partial charge < -0.3 is 19.7 Å². The molecule has 1 aliphatic heterocycles. The molecule has 0 bridgehead atoms. The topological polar surface area (TPSA) is 50.8 Å². The Morgan fingerprint density at radius 1 is 1.29 bits per heavy atom. The largest absolute Gasteiger partial charge is 0.494 e. The highest BCUT2D eigenvalue weighted by Gasteiger charge is 2.22. The highest BCUT2D eigenvalue weighted by Crippen LogP contribution is 2.23. The van der Waals surface area contributed by atoms with Crippen LogP contribution in [0.5, 0.6) is 5.75 Å². The Hall–Kier alpha value is -1.91. The van der Waals surface area contributed by atoms with Crippen molar-refractivity contribution in [2.45, 2.75) is 32.7 Å². The molecule has 0 saturated carbocycles. The summed E-state index contributed by atoms with van der Waals surface area (Å²) >= 11 is 0. The van der Waals surface area contributed by atoms with E-state index in [-0.39, 0.29) is 12.1 Å². The van der Waals surface area contributed by atoms with Crippen molar-refractivity contribution in [1.29, 1.82) is 0 Å². The lowest BCUT2D eigenvalue weighted by Gasteiger charge is -2.34. The number of carbonyl (C=O) groups is 1. The molecule has 0 spiro atoms. The Morgan fingerprint density at radius 2 is 2.05 bits per heavy atom. The number of amides is 1. The molecule has 1 atom stereocenters. The van der Waals surface area contributed by atoms with Crippen molar-refractivity contribution in [2.75, 3.05) is 31.2 Å². The maximum Gasteiger partial charge on any atom is 0.407 e. The zero-order valence-corrected chi connectivity index (χ0v) is 12.8. The van der Waals surface area contributed by atoms with E-state index in [1.54, 1.807) is 0 Å². The fourth-order valence-corrected chi connectivity index (χ4v) is 2.59. The highest BCUT2D eigenvalue weighted by atomic mass is 16.5. The van der Waals surface area contributed by atoms with Crippen LogP contribution in [0, 0.1) is 0 Å². The first-order chi connectivity index (χ1) is 10.2. The number of ether oxygens (including phenoxy) is 2. The van der Waals surface area contributed by atoms with E-state index in [2.05, 4.69) is 22.3 Å². The van der Waals surface area contributed by atoms with Crippen LogP contribution in [0.4, 0.5) is 10.5 Å². The summed E-state index contributed by atoms with van der Waals surface area (Å²) in [5.41, 5.74) is 1.16. The van der Waals surface area contributed by atoms with E-state index in [1.165, 1.54) is 0 Å². The number of nitrogens with one attached hydrogen (secondary N) is 1. The fourth-order valence-electron chi connectivity index (χ4n) is 2.59. The molecule has 5 nitrogen and oxygen atoms in total. The summed E-state index contributed by atoms with van der Waals surface area (Å²) in [6.45, 7) is 6.69. The van der Waals surface area contributed by atoms with Crippen molar-refractivity contribution in [3.8, 4) is 5.75 Å². The summed E-state index contributed by atoms with van der Waals surface area (Å²) in [7, 11) is 0. The lowest BCUT2D eigenvalue weighted by molar-refractivity contribution is 0.146. The second-order valence-corrected chi connectivity index (χ2v) is 5.08. The second kappa shape index (κ2) is 7.76. The first kappa shape index (κ1) is 15.5. The van der Waals surface area contributed by atoms with Gasteiger partial charge in [-0.2, -0.15) is 0 Å². The van der Waals surface area contributed by atoms with Crippen molar-refractivity contribution in [1.82, 2.24) is 5.32 Å². The number of anilines is 1. The minimum absolute atomic E-state index is 0.143. The molecule has 1 unspecified atom stereocenters. The first-order valence-electron chi connectivity index (χ1n) is 7.64. The third kappa shape index (κ3) is 4.55. The van der Waals surface area contributed by atoms with E-state index in [4.69, 9.17) is 9.47 Å². The van der Waals surface area contributed by atoms with Gasteiger partial charge in [0.2, 0.25) is 0 Å². The van der Waals surface area contributed by atoms with E-state index in [0.29, 0.717) is 13.2 Å². The van der Waals surface area contributed by atoms with Gasteiger partial charge in [-0.3, -0.25) is 0 Å². The third-order valence-corrected chi connectivity index (χ3v) is 3.53. The van der Waals surface area contributed by atoms with Gasteiger partial charge >= 0.3 is 6.09 Å². The van der Waals surface area contributed by atoms with Crippen LogP contribution < -0.4 is 15.0 Å². The Morgan fingerprint density at radius 3 is 2.71 bits per heavy atom. The van der Waals surface area contributed by atoms with Crippen molar-refractivity contribution < 1.29 is 14.3 Å². The van der Waals surface area contributed by atoms with E-state index in [0.717, 1.165) is 37.4 Å². The minimum Gasteiger partial charge on any atom is -0.494 e. The molecule has 1 aromatic carbocycles. The molecule has 1 heterocycles. The Balaban J connectivity index is 1.92. The molecule has 1 aliphatic rings. The average molecular weight is 292 g/mol. The van der Waals surface area contributed by atoms with Gasteiger partial charge in [-0.25, -0.2) is 4.79 Å². The van der Waals surface area contributed by atoms with Crippen LogP contribution in [-0.4, -0.2) is 38.4 Å². The minimum atomic E-state index is -0.323. The molecule has 21 heavy (non-hydrogen) atoms. The van der Waals surface area contributed by atoms with Gasteiger partial charge in [-0.1, -0.05) is 0 Å². The highest BCUT2D eigenvalue weighted by molar-refractivity contribution is 5.67. The number of nitrogens with zero attached hydrogens (tertiary/aromatic N) is 1. The lowest BCUT2D eigenvalue weighted by Crippen LogP contribution is -2.48. The number of benzene rings is 1. The number of alkyl carbamates (subject to hydrolysis) is 1. The molecule has 2 rings (SSSR count). The number of hydrogen-bond donors (Lipinski definition) is 1. The molecule has 1 saturated heterocycles. The average Bonchev–Trinajstić information content (AvgIpc) is 2.49. The van der Waals surface area contributed by atoms with Gasteiger partial charge in [0, 0.05) is 24.8 Å². The van der Waals surface area contributed by atoms with Crippen molar-refractivity contribution in [2.24, 2.45) is 0 Å². The first-order valence-corrected chi connectivity index (χ1v) is 7.64. The molecular weight excluding hydrogens is 268 g/mol. The standard InChI is InChI=1S/C16H24N2O3/c1-3-20-15-9-7-14(8-10-15)18-11-5-6-13(12-18)17-16(19)21-4-2/h7-10,13H,3-6,11-12H2,1-2H3,(H,17,19). The predicted molar refractivity (Wildman–Crippen MR) is 83.0 cm³/mol. The van der Waals surface area contributed by atoms with E-state index < -0.39 is 0 Å². The molecule has 1 N–H and O–H groups in total. The van der Waals surface area contributed by atoms with Gasteiger partial charge in [0.15, 0.2) is 0 Å². The summed E-state index contributed by atoms with van der Waals surface area (Å²) in [6.07, 6.45) is 1.73. The summed E-state index contributed by atoms with van der Waals surface area (Å²) < 4.78 is 10.4. The number of piperidine rings is 1. The Labute approximate surface area is 126 Å². The van der Waals surface area contributed by atoms with Crippen LogP contribution >= 0.6 is 0 Å². The van der Waals surface area contributed by atoms with E-state index >= 15 is 0 Å². The molecule has 0 aliphatic carbocycles. The number of rotatable bonds is 5. The molecule has 0 aromatic heterocycles. The van der Waals surface area contributed by atoms with Crippen LogP contribution in [-0.2, 0) is 4.74 Å². The van der Waals surface area contributed by atoms with Gasteiger partial charge in [0.25, 0.3) is 0 Å². The van der Waals surface area contributed by atoms with Crippen molar-refractivity contribution in [3.63, 3.8) is 0 Å². The molecule has 1 amide bonds. The second-order valence-electron chi connectivity index (χ2n) is 5.08. The maximum absolute atomic E-state index is 11.5. The molecule has 116 valence electrons. The zero-order valence-electron chi connectivity index (χ0n) is 12.8. The van der Waals surface area contributed by atoms with E-state index in [9.17, 15) is 4.79 Å². The molecule has 1 fully saturated rings. The SMILES string of the molecule is CCOC(=O)NC1CCCN(c2ccc(OCC)cc2)C1. The smallest absolute Gasteiger partial charge is 0.407 e. The molecule has 0 radical (unpaired) electrons. The molecular formula is C16H24N2O3. The molecule has 5 heteroatoms. The summed E-state index contributed by atoms with van der Waals surface area (Å²) in [5.74, 6) is 0.888. The summed E-state index contributed by atoms with van der Waals surface area (Å²) in [5, 5.41) is 2.92. The third-order valence-electron chi connectivity index (χ3n) is 3.53. The lowest BCUT2D eigenvalue weighted by atomic mass is 10.1. The van der Waals surface area contributed by atoms with Crippen molar-refractivity contribution >= 4 is 11.8 Å². The van der Waals surface area contributed by atoms with Crippen LogP contribution in [0.3, 0.4) is 0 Å². The summed E-state index contributed by atoms with van der Waals surface area (Å²) in [4.78, 5) is 13.8. The van der Waals surface area contributed by atoms with Gasteiger partial charge in [-0.15, -0.1) is 0 Å². The summed E-state index contributed by atoms with van der Waals surface area (Å²) in [6, 6.07) is 8.25. The maximum atomic E-state index is 11.5. The van der Waals surface area contributed by atoms with Gasteiger partial charge in [0.05, 0.1) is 13.2 Å². The van der Waals surface area contributed by atoms with Gasteiger partial charge in [-0.05, 0) is 51.0 Å². The monoisotopic (exact) mass is 292 g/mol. The Kier molecular flexibility index (Phi) is 5.72. The van der Waals surface area contributed by atoms with Crippen molar-refractivity contribution in [3.05, 3.63) is 24.3 Å². The fraction of sp³-hybridized carbons (Fsp3) is 0.562. The predicted octanol–water partition coefficient (Wildman–Crippen LogP) is 2.80. The van der Waals surface area contributed by atoms with Crippen LogP contribution in [0.1, 0.15) is 26.7 Å². The van der Waals surface area contributed by atoms with Crippen LogP contribution in [0.15, 0.2) is 24.3 Å². The Bertz CT molecular complexity index is 447. The zero-order chi connectivity index (χ0) is 15.1. The van der Waals surface area contributed by atoms with E-state index in [1.807, 2.05) is 26.0 Å². The van der Waals surface area contributed by atoms with Crippen LogP contribution in [0.2, 0.25) is 0 Å². The number of carbonyl (C=O) groups excluding carboxylic acids is 1. The van der Waals surface area contributed by atoms with Gasteiger partial charge in [0.1, 0.15) is 5.75 Å². The van der Waals surface area contributed by atoms with Crippen LogP contribution in [0.25, 0.3) is 0 Å². The normalized spacial score (nSPS) is 18.2. The molecule has 1 aromatic rings. The quantitative estimate of drug-likeness (QED) is 0.906.